The van der Waals surface area contributed by atoms with E-state index in [0.717, 1.165) is 18.2 Å². The van der Waals surface area contributed by atoms with Gasteiger partial charge in [-0.3, -0.25) is 0 Å². The van der Waals surface area contributed by atoms with E-state index in [1.54, 1.807) is 0 Å². The fraction of sp³-hybridized carbons (Fsp3) is 0.0833. The molecule has 1 aromatic heterocycles. The van der Waals surface area contributed by atoms with Crippen molar-refractivity contribution >= 4 is 11.6 Å². The van der Waals surface area contributed by atoms with Crippen molar-refractivity contribution in [3.63, 3.8) is 0 Å². The van der Waals surface area contributed by atoms with E-state index >= 15 is 0 Å². The highest BCUT2D eigenvalue weighted by molar-refractivity contribution is 6.29. The predicted molar refractivity (Wildman–Crippen MR) is 60.7 cm³/mol. The first-order valence-electron chi connectivity index (χ1n) is 5.14. The maximum Gasteiger partial charge on any atom is 0.416 e. The van der Waals surface area contributed by atoms with Crippen LogP contribution in [-0.4, -0.2) is 4.98 Å². The largest absolute Gasteiger partial charge is 0.436 e. The van der Waals surface area contributed by atoms with E-state index in [1.807, 2.05) is 0 Å². The molecule has 0 saturated heterocycles. The van der Waals surface area contributed by atoms with Crippen LogP contribution in [0, 0.1) is 11.6 Å². The Labute approximate surface area is 114 Å². The van der Waals surface area contributed by atoms with E-state index in [-0.39, 0.29) is 0 Å². The lowest BCUT2D eigenvalue weighted by Gasteiger charge is -2.10. The molecule has 8 heteroatoms. The summed E-state index contributed by atoms with van der Waals surface area (Å²) in [4.78, 5) is 3.47. The van der Waals surface area contributed by atoms with Crippen LogP contribution >= 0.6 is 11.6 Å². The van der Waals surface area contributed by atoms with Crippen LogP contribution in [0.3, 0.4) is 0 Å². The summed E-state index contributed by atoms with van der Waals surface area (Å²) in [5.41, 5.74) is -1.11. The molecule has 20 heavy (non-hydrogen) atoms. The zero-order chi connectivity index (χ0) is 14.9. The van der Waals surface area contributed by atoms with Crippen molar-refractivity contribution in [3.05, 3.63) is 52.7 Å². The van der Waals surface area contributed by atoms with Crippen molar-refractivity contribution in [2.24, 2.45) is 0 Å². The van der Waals surface area contributed by atoms with Gasteiger partial charge in [0.25, 0.3) is 0 Å². The van der Waals surface area contributed by atoms with E-state index in [0.29, 0.717) is 12.1 Å². The molecule has 0 aliphatic rings. The van der Waals surface area contributed by atoms with Gasteiger partial charge in [-0.05, 0) is 18.2 Å². The summed E-state index contributed by atoms with van der Waals surface area (Å²) in [5, 5.41) is -0.480. The molecule has 0 aliphatic heterocycles. The van der Waals surface area contributed by atoms with Gasteiger partial charge in [0.1, 0.15) is 5.15 Å². The van der Waals surface area contributed by atoms with E-state index < -0.39 is 40.2 Å². The maximum atomic E-state index is 13.3. The molecule has 2 aromatic rings. The lowest BCUT2D eigenvalue weighted by molar-refractivity contribution is -0.137. The summed E-state index contributed by atoms with van der Waals surface area (Å²) in [6, 6.07) is 4.17. The molecule has 0 atom stereocenters. The third kappa shape index (κ3) is 3.16. The van der Waals surface area contributed by atoms with Crippen LogP contribution in [0.1, 0.15) is 5.56 Å². The Bertz CT molecular complexity index is 644. The first-order chi connectivity index (χ1) is 9.27. The van der Waals surface area contributed by atoms with Crippen LogP contribution in [0.4, 0.5) is 22.0 Å². The van der Waals surface area contributed by atoms with Crippen molar-refractivity contribution < 1.29 is 26.7 Å². The number of halogens is 6. The Balaban J connectivity index is 2.39. The quantitative estimate of drug-likeness (QED) is 0.586. The molecule has 1 heterocycles. The predicted octanol–water partition coefficient (Wildman–Crippen LogP) is 4.82. The summed E-state index contributed by atoms with van der Waals surface area (Å²) in [5.74, 6) is -3.70. The molecule has 0 saturated carbocycles. The number of benzene rings is 1. The van der Waals surface area contributed by atoms with Gasteiger partial charge >= 0.3 is 6.18 Å². The Morgan fingerprint density at radius 3 is 2.45 bits per heavy atom. The van der Waals surface area contributed by atoms with Crippen molar-refractivity contribution in [1.82, 2.24) is 4.98 Å². The molecular formula is C12H5ClF5NO. The monoisotopic (exact) mass is 309 g/mol. The van der Waals surface area contributed by atoms with Gasteiger partial charge in [-0.25, -0.2) is 9.37 Å². The van der Waals surface area contributed by atoms with Crippen molar-refractivity contribution in [3.8, 4) is 11.6 Å². The van der Waals surface area contributed by atoms with Gasteiger partial charge in [0.15, 0.2) is 11.6 Å². The number of rotatable bonds is 2. The Hall–Kier alpha value is -1.89. The number of pyridine rings is 1. The smallest absolute Gasteiger partial charge is 0.416 e. The number of hydrogen-bond acceptors (Lipinski definition) is 2. The lowest BCUT2D eigenvalue weighted by atomic mass is 10.2. The van der Waals surface area contributed by atoms with Crippen LogP contribution in [0.2, 0.25) is 5.15 Å². The van der Waals surface area contributed by atoms with Crippen LogP contribution in [0.5, 0.6) is 11.6 Å². The maximum absolute atomic E-state index is 13.3. The first kappa shape index (κ1) is 14.5. The zero-order valence-corrected chi connectivity index (χ0v) is 10.3. The second-order valence-corrected chi connectivity index (χ2v) is 4.06. The van der Waals surface area contributed by atoms with E-state index in [2.05, 4.69) is 4.98 Å². The molecule has 0 fully saturated rings. The molecule has 0 amide bonds. The molecule has 2 rings (SSSR count). The topological polar surface area (TPSA) is 22.1 Å². The molecule has 0 radical (unpaired) electrons. The van der Waals surface area contributed by atoms with Crippen molar-refractivity contribution in [1.29, 1.82) is 0 Å². The highest BCUT2D eigenvalue weighted by atomic mass is 35.5. The van der Waals surface area contributed by atoms with Gasteiger partial charge < -0.3 is 4.74 Å². The number of aromatic nitrogens is 1. The van der Waals surface area contributed by atoms with Gasteiger partial charge in [-0.15, -0.1) is 0 Å². The number of alkyl halides is 3. The summed E-state index contributed by atoms with van der Waals surface area (Å²) in [7, 11) is 0. The minimum Gasteiger partial charge on any atom is -0.436 e. The zero-order valence-electron chi connectivity index (χ0n) is 9.51. The lowest BCUT2D eigenvalue weighted by Crippen LogP contribution is -2.06. The van der Waals surface area contributed by atoms with Crippen LogP contribution in [0.15, 0.2) is 30.3 Å². The Morgan fingerprint density at radius 2 is 1.80 bits per heavy atom. The second kappa shape index (κ2) is 5.24. The second-order valence-electron chi connectivity index (χ2n) is 3.67. The molecule has 0 aliphatic carbocycles. The SMILES string of the molecule is Fc1cccc(Oc2cc(C(F)(F)F)cc(Cl)n2)c1F. The summed E-state index contributed by atoms with van der Waals surface area (Å²) in [6.07, 6.45) is -4.66. The summed E-state index contributed by atoms with van der Waals surface area (Å²) >= 11 is 5.43. The fourth-order valence-corrected chi connectivity index (χ4v) is 1.57. The standard InChI is InChI=1S/C12H5ClF5NO/c13-9-4-6(12(16,17)18)5-10(19-9)20-8-3-1-2-7(14)11(8)15/h1-5H. The average molecular weight is 310 g/mol. The summed E-state index contributed by atoms with van der Waals surface area (Å²) in [6.45, 7) is 0. The van der Waals surface area contributed by atoms with Crippen molar-refractivity contribution in [2.45, 2.75) is 6.18 Å². The van der Waals surface area contributed by atoms with Gasteiger partial charge in [-0.2, -0.15) is 17.6 Å². The highest BCUT2D eigenvalue weighted by Crippen LogP contribution is 2.34. The number of ether oxygens (including phenoxy) is 1. The van der Waals surface area contributed by atoms with Crippen LogP contribution in [-0.2, 0) is 6.18 Å². The highest BCUT2D eigenvalue weighted by Gasteiger charge is 2.32. The Morgan fingerprint density at radius 1 is 1.10 bits per heavy atom. The van der Waals surface area contributed by atoms with Crippen molar-refractivity contribution in [2.75, 3.05) is 0 Å². The molecule has 0 spiro atoms. The van der Waals surface area contributed by atoms with Gasteiger partial charge in [0.05, 0.1) is 5.56 Å². The molecule has 0 N–H and O–H groups in total. The van der Waals surface area contributed by atoms with Gasteiger partial charge in [0, 0.05) is 6.07 Å². The molecule has 2 nitrogen and oxygen atoms in total. The molecular weight excluding hydrogens is 305 g/mol. The average Bonchev–Trinajstić information content (AvgIpc) is 2.33. The number of hydrogen-bond donors (Lipinski definition) is 0. The third-order valence-corrected chi connectivity index (χ3v) is 2.42. The molecule has 0 bridgehead atoms. The normalized spacial score (nSPS) is 11.5. The molecule has 0 unspecified atom stereocenters. The molecule has 1 aromatic carbocycles. The third-order valence-electron chi connectivity index (χ3n) is 2.23. The van der Waals surface area contributed by atoms with Crippen LogP contribution in [0.25, 0.3) is 0 Å². The minimum atomic E-state index is -4.66. The van der Waals surface area contributed by atoms with Gasteiger partial charge in [0.2, 0.25) is 11.7 Å². The van der Waals surface area contributed by atoms with E-state index in [9.17, 15) is 22.0 Å². The van der Waals surface area contributed by atoms with Crippen LogP contribution < -0.4 is 4.74 Å². The molecule has 106 valence electrons. The minimum absolute atomic E-state index is 0.480. The summed E-state index contributed by atoms with van der Waals surface area (Å²) < 4.78 is 68.7. The van der Waals surface area contributed by atoms with Gasteiger partial charge in [-0.1, -0.05) is 17.7 Å². The Kier molecular flexibility index (Phi) is 3.80. The fourth-order valence-electron chi connectivity index (χ4n) is 1.36. The first-order valence-corrected chi connectivity index (χ1v) is 5.52. The van der Waals surface area contributed by atoms with E-state index in [4.69, 9.17) is 16.3 Å². The number of nitrogens with zero attached hydrogens (tertiary/aromatic N) is 1. The van der Waals surface area contributed by atoms with E-state index in [1.165, 1.54) is 0 Å².